The molecule has 0 unspecified atom stereocenters. The molecule has 0 aliphatic carbocycles. The van der Waals surface area contributed by atoms with Crippen molar-refractivity contribution in [1.29, 1.82) is 0 Å². The fourth-order valence-corrected chi connectivity index (χ4v) is 3.39. The van der Waals surface area contributed by atoms with Crippen molar-refractivity contribution >= 4 is 16.7 Å². The van der Waals surface area contributed by atoms with Gasteiger partial charge in [0.15, 0.2) is 17.5 Å². The van der Waals surface area contributed by atoms with Crippen LogP contribution in [0.3, 0.4) is 0 Å². The van der Waals surface area contributed by atoms with Crippen molar-refractivity contribution in [3.8, 4) is 22.5 Å². The minimum absolute atomic E-state index is 0.171. The van der Waals surface area contributed by atoms with Crippen molar-refractivity contribution in [3.63, 3.8) is 0 Å². The summed E-state index contributed by atoms with van der Waals surface area (Å²) in [5.41, 5.74) is 2.89. The zero-order valence-electron chi connectivity index (χ0n) is 16.7. The molecule has 5 rings (SSSR count). The molecule has 8 heteroatoms. The number of benzene rings is 2. The first-order valence-electron chi connectivity index (χ1n) is 9.86. The molecule has 0 atom stereocenters. The molecule has 156 valence electrons. The van der Waals surface area contributed by atoms with Crippen molar-refractivity contribution in [2.75, 3.05) is 5.32 Å². The maximum Gasteiger partial charge on any atom is 0.166 e. The normalized spacial score (nSPS) is 10.9. The van der Waals surface area contributed by atoms with Gasteiger partial charge in [-0.2, -0.15) is 10.2 Å². The maximum absolute atomic E-state index is 14.4. The summed E-state index contributed by atoms with van der Waals surface area (Å²) >= 11 is 0. The monoisotopic (exact) mass is 426 g/mol. The lowest BCUT2D eigenvalue weighted by Gasteiger charge is -2.12. The van der Waals surface area contributed by atoms with Gasteiger partial charge >= 0.3 is 0 Å². The van der Waals surface area contributed by atoms with Crippen LogP contribution in [0, 0.1) is 11.6 Å². The molecule has 0 fully saturated rings. The van der Waals surface area contributed by atoms with Crippen LogP contribution >= 0.6 is 0 Å². The zero-order valence-corrected chi connectivity index (χ0v) is 16.7. The van der Waals surface area contributed by atoms with E-state index in [1.165, 1.54) is 6.07 Å². The highest BCUT2D eigenvalue weighted by atomic mass is 19.2. The molecule has 3 heterocycles. The molecule has 0 radical (unpaired) electrons. The van der Waals surface area contributed by atoms with Gasteiger partial charge in [0, 0.05) is 22.7 Å². The van der Waals surface area contributed by atoms with Crippen LogP contribution in [-0.4, -0.2) is 25.1 Å². The van der Waals surface area contributed by atoms with Crippen LogP contribution in [0.2, 0.25) is 0 Å². The predicted octanol–water partition coefficient (Wildman–Crippen LogP) is 5.04. The molecular formula is C24H16F2N6. The van der Waals surface area contributed by atoms with E-state index >= 15 is 0 Å². The van der Waals surface area contributed by atoms with Gasteiger partial charge in [-0.3, -0.25) is 4.98 Å². The number of halogens is 2. The Morgan fingerprint density at radius 3 is 2.56 bits per heavy atom. The smallest absolute Gasteiger partial charge is 0.166 e. The minimum atomic E-state index is -0.895. The zero-order chi connectivity index (χ0) is 21.9. The third-order valence-corrected chi connectivity index (χ3v) is 4.96. The van der Waals surface area contributed by atoms with Gasteiger partial charge in [-0.25, -0.2) is 18.7 Å². The number of hydrogen-bond donors (Lipinski definition) is 1. The second-order valence-corrected chi connectivity index (χ2v) is 7.03. The Bertz CT molecular complexity index is 1390. The summed E-state index contributed by atoms with van der Waals surface area (Å²) in [6, 6.07) is 16.8. The molecule has 0 aliphatic rings. The van der Waals surface area contributed by atoms with E-state index in [4.69, 9.17) is 0 Å². The van der Waals surface area contributed by atoms with Crippen molar-refractivity contribution in [1.82, 2.24) is 25.1 Å². The van der Waals surface area contributed by atoms with Crippen LogP contribution in [0.1, 0.15) is 5.69 Å². The number of rotatable bonds is 5. The fourth-order valence-electron chi connectivity index (χ4n) is 3.39. The van der Waals surface area contributed by atoms with Crippen LogP contribution < -0.4 is 5.32 Å². The summed E-state index contributed by atoms with van der Waals surface area (Å²) in [5, 5.41) is 11.7. The molecule has 0 bridgehead atoms. The van der Waals surface area contributed by atoms with Crippen LogP contribution in [0.4, 0.5) is 14.6 Å². The second-order valence-electron chi connectivity index (χ2n) is 7.03. The first-order chi connectivity index (χ1) is 15.7. The number of anilines is 1. The van der Waals surface area contributed by atoms with Crippen LogP contribution in [0.15, 0.2) is 79.3 Å². The van der Waals surface area contributed by atoms with Gasteiger partial charge in [0.1, 0.15) is 5.82 Å². The van der Waals surface area contributed by atoms with Crippen molar-refractivity contribution in [2.24, 2.45) is 0 Å². The molecular weight excluding hydrogens is 410 g/mol. The quantitative estimate of drug-likeness (QED) is 0.424. The van der Waals surface area contributed by atoms with Gasteiger partial charge in [0.05, 0.1) is 30.1 Å². The Kier molecular flexibility index (Phi) is 5.17. The van der Waals surface area contributed by atoms with Gasteiger partial charge in [-0.1, -0.05) is 24.3 Å². The average Bonchev–Trinajstić information content (AvgIpc) is 2.85. The summed E-state index contributed by atoms with van der Waals surface area (Å²) in [4.78, 5) is 13.6. The number of nitrogens with zero attached hydrogens (tertiary/aromatic N) is 5. The lowest BCUT2D eigenvalue weighted by atomic mass is 10.0. The van der Waals surface area contributed by atoms with Gasteiger partial charge < -0.3 is 5.32 Å². The molecule has 3 aromatic heterocycles. The third kappa shape index (κ3) is 3.85. The Labute approximate surface area is 182 Å². The van der Waals surface area contributed by atoms with E-state index in [1.54, 1.807) is 48.9 Å². The van der Waals surface area contributed by atoms with Crippen molar-refractivity contribution in [3.05, 3.63) is 96.6 Å². The minimum Gasteiger partial charge on any atom is -0.364 e. The van der Waals surface area contributed by atoms with Gasteiger partial charge in [0.2, 0.25) is 0 Å². The highest BCUT2D eigenvalue weighted by molar-refractivity contribution is 5.94. The summed E-state index contributed by atoms with van der Waals surface area (Å²) in [6.45, 7) is 0.430. The van der Waals surface area contributed by atoms with E-state index < -0.39 is 11.6 Å². The number of nitrogens with one attached hydrogen (secondary N) is 1. The maximum atomic E-state index is 14.4. The molecule has 5 aromatic rings. The van der Waals surface area contributed by atoms with E-state index in [2.05, 4.69) is 30.5 Å². The van der Waals surface area contributed by atoms with E-state index in [-0.39, 0.29) is 5.56 Å². The van der Waals surface area contributed by atoms with Gasteiger partial charge in [-0.15, -0.1) is 0 Å². The second kappa shape index (κ2) is 8.43. The number of pyridine rings is 1. The summed E-state index contributed by atoms with van der Waals surface area (Å²) in [6.07, 6.45) is 4.87. The summed E-state index contributed by atoms with van der Waals surface area (Å²) < 4.78 is 28.2. The summed E-state index contributed by atoms with van der Waals surface area (Å²) in [7, 11) is 0. The van der Waals surface area contributed by atoms with Crippen LogP contribution in [0.25, 0.3) is 33.4 Å². The first kappa shape index (κ1) is 19.6. The Morgan fingerprint density at radius 2 is 1.75 bits per heavy atom. The first-order valence-corrected chi connectivity index (χ1v) is 9.86. The molecule has 1 N–H and O–H groups in total. The molecule has 0 saturated heterocycles. The Hall–Kier alpha value is -4.33. The number of hydrogen-bond acceptors (Lipinski definition) is 6. The van der Waals surface area contributed by atoms with Gasteiger partial charge in [0.25, 0.3) is 0 Å². The molecule has 0 saturated carbocycles. The van der Waals surface area contributed by atoms with Crippen LogP contribution in [-0.2, 0) is 6.54 Å². The Morgan fingerprint density at radius 1 is 0.812 bits per heavy atom. The molecule has 32 heavy (non-hydrogen) atoms. The van der Waals surface area contributed by atoms with Crippen molar-refractivity contribution < 1.29 is 8.78 Å². The van der Waals surface area contributed by atoms with E-state index in [0.717, 1.165) is 11.8 Å². The number of fused-ring (bicyclic) bond motifs is 1. The van der Waals surface area contributed by atoms with E-state index in [9.17, 15) is 8.78 Å². The largest absolute Gasteiger partial charge is 0.364 e. The summed E-state index contributed by atoms with van der Waals surface area (Å²) in [5.74, 6) is -0.769. The Balaban J connectivity index is 1.64. The lowest BCUT2D eigenvalue weighted by molar-refractivity contribution is 0.511. The highest BCUT2D eigenvalue weighted by Crippen LogP contribution is 2.31. The molecule has 6 nitrogen and oxygen atoms in total. The lowest BCUT2D eigenvalue weighted by Crippen LogP contribution is -2.05. The predicted molar refractivity (Wildman–Crippen MR) is 117 cm³/mol. The average molecular weight is 426 g/mol. The SMILES string of the molecule is Fc1cccc(-c2ccc3nc(-c4ccnnc4)nc(NCc4ccccn4)c3c2)c1F. The molecule has 0 spiro atoms. The molecule has 2 aromatic carbocycles. The van der Waals surface area contributed by atoms with Crippen LogP contribution in [0.5, 0.6) is 0 Å². The van der Waals surface area contributed by atoms with Gasteiger partial charge in [-0.05, 0) is 42.0 Å². The third-order valence-electron chi connectivity index (χ3n) is 4.96. The fraction of sp³-hybridized carbons (Fsp3) is 0.0417. The standard InChI is InChI=1S/C24H16F2N6/c25-20-6-3-5-18(22(20)26)15-7-8-21-19(12-15)24(28-14-17-4-1-2-10-27-17)32-23(31-21)16-9-11-29-30-13-16/h1-13H,14H2,(H,28,31,32). The van der Waals surface area contributed by atoms with E-state index in [0.29, 0.717) is 40.2 Å². The molecule has 0 aliphatic heterocycles. The molecule has 0 amide bonds. The topological polar surface area (TPSA) is 76.5 Å². The highest BCUT2D eigenvalue weighted by Gasteiger charge is 2.14. The number of aromatic nitrogens is 5. The van der Waals surface area contributed by atoms with E-state index in [1.807, 2.05) is 18.2 Å². The van der Waals surface area contributed by atoms with Crippen molar-refractivity contribution in [2.45, 2.75) is 6.54 Å².